The van der Waals surface area contributed by atoms with Gasteiger partial charge in [0, 0.05) is 5.92 Å². The maximum atomic E-state index is 11.9. The summed E-state index contributed by atoms with van der Waals surface area (Å²) in [4.78, 5) is 22.8. The normalized spacial score (nSPS) is 22.2. The molecular weight excluding hydrogens is 572 g/mol. The Bertz CT molecular complexity index is 1270. The third kappa shape index (κ3) is 10.0. The Morgan fingerprint density at radius 3 is 2.28 bits per heavy atom. The van der Waals surface area contributed by atoms with Gasteiger partial charge in [-0.2, -0.15) is 0 Å². The summed E-state index contributed by atoms with van der Waals surface area (Å²) in [5.74, 6) is 2.22. The molecule has 252 valence electrons. The van der Waals surface area contributed by atoms with Crippen LogP contribution in [0.5, 0.6) is 0 Å². The van der Waals surface area contributed by atoms with Crippen molar-refractivity contribution in [1.29, 1.82) is 0 Å². The molecule has 2 aromatic rings. The van der Waals surface area contributed by atoms with Gasteiger partial charge in [0.05, 0.1) is 25.4 Å². The van der Waals surface area contributed by atoms with E-state index in [-0.39, 0.29) is 24.7 Å². The van der Waals surface area contributed by atoms with E-state index in [1.807, 2.05) is 0 Å². The summed E-state index contributed by atoms with van der Waals surface area (Å²) in [7, 11) is 0. The second-order valence-corrected chi connectivity index (χ2v) is 14.2. The summed E-state index contributed by atoms with van der Waals surface area (Å²) in [6, 6.07) is 14.4. The van der Waals surface area contributed by atoms with Crippen molar-refractivity contribution in [2.45, 2.75) is 117 Å². The number of hydrogen-bond acceptors (Lipinski definition) is 5. The topological polar surface area (TPSA) is 72.8 Å². The van der Waals surface area contributed by atoms with Crippen molar-refractivity contribution < 1.29 is 24.2 Å². The van der Waals surface area contributed by atoms with Crippen LogP contribution in [-0.4, -0.2) is 37.4 Å². The Kier molecular flexibility index (Phi) is 14.4. The molecule has 1 N–H and O–H groups in total. The van der Waals surface area contributed by atoms with Gasteiger partial charge in [0.15, 0.2) is 0 Å². The van der Waals surface area contributed by atoms with Crippen LogP contribution in [0.15, 0.2) is 48.6 Å². The lowest BCUT2D eigenvalue weighted by molar-refractivity contribution is -0.142. The number of unbranched alkanes of at least 4 members (excludes halogenated alkanes) is 2. The SMILES string of the molecule is C=C(CO)C(=O)OCC(COC=O)CC1CCC(C2CCC(c3ccc(-c4ccc(CCCCC)c(C)c4)c(CC)c3)CC2)CC1. The molecule has 0 spiro atoms. The van der Waals surface area contributed by atoms with E-state index in [1.165, 1.54) is 110 Å². The second-order valence-electron chi connectivity index (χ2n) is 14.2. The quantitative estimate of drug-likeness (QED) is 0.0816. The van der Waals surface area contributed by atoms with E-state index < -0.39 is 12.6 Å². The van der Waals surface area contributed by atoms with Crippen molar-refractivity contribution in [1.82, 2.24) is 0 Å². The van der Waals surface area contributed by atoms with Crippen LogP contribution in [0, 0.1) is 30.6 Å². The Morgan fingerprint density at radius 1 is 0.935 bits per heavy atom. The molecule has 1 atom stereocenters. The number of hydrogen-bond donors (Lipinski definition) is 1. The summed E-state index contributed by atoms with van der Waals surface area (Å²) >= 11 is 0. The third-order valence-electron chi connectivity index (χ3n) is 11.0. The molecule has 2 saturated carbocycles. The summed E-state index contributed by atoms with van der Waals surface area (Å²) in [6.07, 6.45) is 17.1. The molecule has 5 heteroatoms. The van der Waals surface area contributed by atoms with Gasteiger partial charge in [0.25, 0.3) is 6.47 Å². The number of aliphatic hydroxyl groups excluding tert-OH is 1. The fourth-order valence-corrected chi connectivity index (χ4v) is 8.16. The zero-order valence-electron chi connectivity index (χ0n) is 28.7. The lowest BCUT2D eigenvalue weighted by atomic mass is 9.67. The molecule has 0 saturated heterocycles. The Hall–Kier alpha value is -2.92. The van der Waals surface area contributed by atoms with Crippen molar-refractivity contribution in [3.63, 3.8) is 0 Å². The minimum atomic E-state index is -0.586. The van der Waals surface area contributed by atoms with Gasteiger partial charge in [-0.15, -0.1) is 0 Å². The molecular formula is C41H58O5. The molecule has 2 aliphatic carbocycles. The Morgan fingerprint density at radius 2 is 1.65 bits per heavy atom. The van der Waals surface area contributed by atoms with E-state index >= 15 is 0 Å². The highest BCUT2D eigenvalue weighted by Gasteiger charge is 2.32. The van der Waals surface area contributed by atoms with Gasteiger partial charge in [-0.05, 0) is 128 Å². The molecule has 2 aliphatic rings. The van der Waals surface area contributed by atoms with E-state index in [0.29, 0.717) is 18.3 Å². The molecule has 4 rings (SSSR count). The van der Waals surface area contributed by atoms with E-state index in [9.17, 15) is 9.59 Å². The maximum absolute atomic E-state index is 11.9. The number of ether oxygens (including phenoxy) is 2. The third-order valence-corrected chi connectivity index (χ3v) is 11.0. The van der Waals surface area contributed by atoms with Crippen LogP contribution >= 0.6 is 0 Å². The van der Waals surface area contributed by atoms with Crippen molar-refractivity contribution in [3.8, 4) is 11.1 Å². The fourth-order valence-electron chi connectivity index (χ4n) is 8.16. The number of benzene rings is 2. The predicted octanol–water partition coefficient (Wildman–Crippen LogP) is 9.31. The van der Waals surface area contributed by atoms with E-state index in [0.717, 1.165) is 24.7 Å². The van der Waals surface area contributed by atoms with Gasteiger partial charge >= 0.3 is 5.97 Å². The molecule has 0 heterocycles. The largest absolute Gasteiger partial charge is 0.467 e. The van der Waals surface area contributed by atoms with Gasteiger partial charge in [-0.25, -0.2) is 4.79 Å². The van der Waals surface area contributed by atoms with Crippen molar-refractivity contribution >= 4 is 12.4 Å². The zero-order valence-corrected chi connectivity index (χ0v) is 28.7. The zero-order chi connectivity index (χ0) is 32.9. The molecule has 0 aromatic heterocycles. The number of esters is 1. The van der Waals surface area contributed by atoms with Crippen LogP contribution in [0.2, 0.25) is 0 Å². The number of aryl methyl sites for hydroxylation is 3. The van der Waals surface area contributed by atoms with Crippen LogP contribution < -0.4 is 0 Å². The molecule has 0 amide bonds. The van der Waals surface area contributed by atoms with Gasteiger partial charge in [0.2, 0.25) is 0 Å². The molecule has 0 radical (unpaired) electrons. The Balaban J connectivity index is 1.27. The van der Waals surface area contributed by atoms with Gasteiger partial charge < -0.3 is 14.6 Å². The summed E-state index contributed by atoms with van der Waals surface area (Å²) in [5.41, 5.74) is 8.72. The van der Waals surface area contributed by atoms with Crippen LogP contribution in [0.3, 0.4) is 0 Å². The molecule has 46 heavy (non-hydrogen) atoms. The van der Waals surface area contributed by atoms with Gasteiger partial charge in [-0.3, -0.25) is 4.79 Å². The highest BCUT2D eigenvalue weighted by molar-refractivity contribution is 5.87. The fraction of sp³-hybridized carbons (Fsp3) is 0.610. The lowest BCUT2D eigenvalue weighted by Crippen LogP contribution is -2.28. The van der Waals surface area contributed by atoms with E-state index in [2.05, 4.69) is 63.7 Å². The first-order chi connectivity index (χ1) is 22.4. The molecule has 2 fully saturated rings. The highest BCUT2D eigenvalue weighted by atomic mass is 16.5. The van der Waals surface area contributed by atoms with Crippen molar-refractivity contribution in [3.05, 3.63) is 70.8 Å². The van der Waals surface area contributed by atoms with Gasteiger partial charge in [0.1, 0.15) is 0 Å². The average molecular weight is 631 g/mol. The van der Waals surface area contributed by atoms with Crippen molar-refractivity contribution in [2.75, 3.05) is 19.8 Å². The average Bonchev–Trinajstić information content (AvgIpc) is 3.09. The Labute approximate surface area is 278 Å². The minimum Gasteiger partial charge on any atom is -0.467 e. The van der Waals surface area contributed by atoms with Gasteiger partial charge in [-0.1, -0.05) is 82.5 Å². The second kappa shape index (κ2) is 18.4. The number of carbonyl (C=O) groups is 2. The monoisotopic (exact) mass is 630 g/mol. The molecule has 5 nitrogen and oxygen atoms in total. The van der Waals surface area contributed by atoms with Crippen LogP contribution in [0.25, 0.3) is 11.1 Å². The highest BCUT2D eigenvalue weighted by Crippen LogP contribution is 2.45. The smallest absolute Gasteiger partial charge is 0.335 e. The first kappa shape index (κ1) is 35.9. The molecule has 0 aliphatic heterocycles. The summed E-state index contributed by atoms with van der Waals surface area (Å²) in [6.45, 7) is 10.8. The first-order valence-electron chi connectivity index (χ1n) is 18.1. The molecule has 0 bridgehead atoms. The molecule has 1 unspecified atom stereocenters. The number of carbonyl (C=O) groups excluding carboxylic acids is 2. The van der Waals surface area contributed by atoms with Crippen molar-refractivity contribution in [2.24, 2.45) is 23.7 Å². The first-order valence-corrected chi connectivity index (χ1v) is 18.1. The molecule has 2 aromatic carbocycles. The van der Waals surface area contributed by atoms with Crippen LogP contribution in [0.4, 0.5) is 0 Å². The minimum absolute atomic E-state index is 0.0315. The standard InChI is InChI=1S/C41H58O5/c1-5-7-8-9-34-14-19-39(22-29(34)3)40-21-20-38(24-33(40)6-2)37-17-15-36(16-18-37)35-12-10-31(11-13-35)23-32(26-45-28-43)27-46-41(44)30(4)25-42/h14,19-22,24,28,31-32,35-37,42H,4-13,15-18,23,25-27H2,1-3H3. The lowest BCUT2D eigenvalue weighted by Gasteiger charge is -2.38. The maximum Gasteiger partial charge on any atom is 0.335 e. The van der Waals surface area contributed by atoms with Crippen LogP contribution in [-0.2, 0) is 31.9 Å². The summed E-state index contributed by atoms with van der Waals surface area (Å²) < 4.78 is 10.4. The number of rotatable bonds is 17. The number of aliphatic hydroxyl groups is 1. The summed E-state index contributed by atoms with van der Waals surface area (Å²) in [5, 5.41) is 9.12. The predicted molar refractivity (Wildman–Crippen MR) is 187 cm³/mol. The van der Waals surface area contributed by atoms with E-state index in [4.69, 9.17) is 14.6 Å². The van der Waals surface area contributed by atoms with E-state index in [1.54, 1.807) is 0 Å². The van der Waals surface area contributed by atoms with Crippen LogP contribution in [0.1, 0.15) is 119 Å².